The molecule has 0 spiro atoms. The summed E-state index contributed by atoms with van der Waals surface area (Å²) >= 11 is 0. The maximum atomic E-state index is 13.4. The van der Waals surface area contributed by atoms with Crippen molar-refractivity contribution in [3.8, 4) is 11.5 Å². The summed E-state index contributed by atoms with van der Waals surface area (Å²) in [5, 5.41) is 1.12. The number of primary amides is 1. The Balaban J connectivity index is 1.71. The van der Waals surface area contributed by atoms with Crippen LogP contribution in [0.25, 0.3) is 10.9 Å². The normalized spacial score (nSPS) is 15.4. The van der Waals surface area contributed by atoms with Gasteiger partial charge in [-0.25, -0.2) is 0 Å². The van der Waals surface area contributed by atoms with Gasteiger partial charge in [0.25, 0.3) is 0 Å². The van der Waals surface area contributed by atoms with Crippen molar-refractivity contribution in [3.63, 3.8) is 0 Å². The molecule has 7 nitrogen and oxygen atoms in total. The highest BCUT2D eigenvalue weighted by Crippen LogP contribution is 2.38. The molecule has 2 heterocycles. The zero-order valence-electron chi connectivity index (χ0n) is 19.4. The number of fused-ring (bicyclic) bond motifs is 1. The third kappa shape index (κ3) is 4.67. The van der Waals surface area contributed by atoms with Gasteiger partial charge in [-0.3, -0.25) is 9.59 Å². The first kappa shape index (κ1) is 22.7. The molecule has 1 aromatic heterocycles. The Morgan fingerprint density at radius 1 is 1.06 bits per heavy atom. The minimum absolute atomic E-state index is 0.0673. The van der Waals surface area contributed by atoms with Crippen molar-refractivity contribution in [2.45, 2.75) is 25.2 Å². The van der Waals surface area contributed by atoms with E-state index in [1.54, 1.807) is 14.2 Å². The van der Waals surface area contributed by atoms with Crippen molar-refractivity contribution < 1.29 is 19.1 Å². The van der Waals surface area contributed by atoms with Crippen molar-refractivity contribution in [3.05, 3.63) is 59.8 Å². The van der Waals surface area contributed by atoms with Gasteiger partial charge in [-0.1, -0.05) is 18.2 Å². The zero-order chi connectivity index (χ0) is 23.5. The second-order valence-corrected chi connectivity index (χ2v) is 8.67. The summed E-state index contributed by atoms with van der Waals surface area (Å²) in [6.45, 7) is 1.10. The fourth-order valence-corrected chi connectivity index (χ4v) is 4.81. The van der Waals surface area contributed by atoms with E-state index in [2.05, 4.69) is 22.9 Å². The molecular weight excluding hydrogens is 418 g/mol. The smallest absolute Gasteiger partial charge is 0.223 e. The first-order chi connectivity index (χ1) is 15.9. The molecule has 0 radical (unpaired) electrons. The van der Waals surface area contributed by atoms with Gasteiger partial charge in [-0.2, -0.15) is 0 Å². The fourth-order valence-electron chi connectivity index (χ4n) is 4.81. The molecule has 2 aromatic carbocycles. The number of nitrogens with two attached hydrogens (primary N) is 1. The molecule has 1 aliphatic heterocycles. The van der Waals surface area contributed by atoms with Gasteiger partial charge in [-0.15, -0.1) is 0 Å². The van der Waals surface area contributed by atoms with E-state index in [9.17, 15) is 9.59 Å². The number of hydrogen-bond donors (Lipinski definition) is 1. The molecule has 174 valence electrons. The number of carbonyl (C=O) groups is 2. The van der Waals surface area contributed by atoms with Gasteiger partial charge < -0.3 is 24.7 Å². The Kier molecular flexibility index (Phi) is 6.58. The van der Waals surface area contributed by atoms with Gasteiger partial charge in [-0.05, 0) is 42.2 Å². The predicted octanol–water partition coefficient (Wildman–Crippen LogP) is 3.44. The minimum Gasteiger partial charge on any atom is -0.497 e. The Morgan fingerprint density at radius 2 is 1.70 bits per heavy atom. The van der Waals surface area contributed by atoms with Crippen LogP contribution in [0.3, 0.4) is 0 Å². The molecule has 1 aliphatic rings. The highest BCUT2D eigenvalue weighted by Gasteiger charge is 2.29. The van der Waals surface area contributed by atoms with Crippen LogP contribution in [0.1, 0.15) is 36.3 Å². The van der Waals surface area contributed by atoms with Gasteiger partial charge in [0.15, 0.2) is 0 Å². The van der Waals surface area contributed by atoms with E-state index >= 15 is 0 Å². The van der Waals surface area contributed by atoms with Crippen LogP contribution in [0.4, 0.5) is 0 Å². The van der Waals surface area contributed by atoms with Crippen molar-refractivity contribution in [2.24, 2.45) is 18.7 Å². The van der Waals surface area contributed by atoms with Crippen LogP contribution in [0.5, 0.6) is 11.5 Å². The van der Waals surface area contributed by atoms with E-state index in [-0.39, 0.29) is 23.7 Å². The number of benzene rings is 2. The van der Waals surface area contributed by atoms with Crippen LogP contribution in [-0.2, 0) is 16.6 Å². The molecule has 2 amide bonds. The maximum Gasteiger partial charge on any atom is 0.223 e. The van der Waals surface area contributed by atoms with E-state index in [1.807, 2.05) is 42.3 Å². The number of piperidine rings is 1. The lowest BCUT2D eigenvalue weighted by atomic mass is 9.87. The molecule has 0 bridgehead atoms. The van der Waals surface area contributed by atoms with Crippen molar-refractivity contribution in [1.82, 2.24) is 9.47 Å². The summed E-state index contributed by atoms with van der Waals surface area (Å²) in [6, 6.07) is 14.0. The highest BCUT2D eigenvalue weighted by atomic mass is 16.5. The van der Waals surface area contributed by atoms with Crippen molar-refractivity contribution in [2.75, 3.05) is 27.3 Å². The van der Waals surface area contributed by atoms with E-state index in [4.69, 9.17) is 15.2 Å². The highest BCUT2D eigenvalue weighted by molar-refractivity contribution is 5.87. The number of amides is 2. The third-order valence-electron chi connectivity index (χ3n) is 6.71. The lowest BCUT2D eigenvalue weighted by molar-refractivity contribution is -0.135. The second kappa shape index (κ2) is 9.57. The Labute approximate surface area is 194 Å². The number of para-hydroxylation sites is 1. The average molecular weight is 450 g/mol. The molecule has 0 saturated carbocycles. The molecule has 0 aliphatic carbocycles. The first-order valence-electron chi connectivity index (χ1n) is 11.2. The van der Waals surface area contributed by atoms with Gasteiger partial charge in [0.05, 0.1) is 14.2 Å². The van der Waals surface area contributed by atoms with E-state index in [0.717, 1.165) is 22.0 Å². The summed E-state index contributed by atoms with van der Waals surface area (Å²) in [5.74, 6) is 0.831. The first-order valence-corrected chi connectivity index (χ1v) is 11.2. The summed E-state index contributed by atoms with van der Waals surface area (Å²) in [6.07, 6.45) is 3.65. The molecule has 7 heteroatoms. The number of likely N-dealkylation sites (tertiary alicyclic amines) is 1. The van der Waals surface area contributed by atoms with E-state index in [1.165, 1.54) is 0 Å². The Hall–Kier alpha value is -3.48. The van der Waals surface area contributed by atoms with Crippen molar-refractivity contribution >= 4 is 22.7 Å². The van der Waals surface area contributed by atoms with Crippen LogP contribution >= 0.6 is 0 Å². The molecule has 1 fully saturated rings. The van der Waals surface area contributed by atoms with E-state index < -0.39 is 0 Å². The van der Waals surface area contributed by atoms with Crippen molar-refractivity contribution in [1.29, 1.82) is 0 Å². The SMILES string of the molecule is COc1cc(OC)cc(C(CC(=O)N2CCC(C(N)=O)CC2)c2cn(C)c3ccccc23)c1. The van der Waals surface area contributed by atoms with Crippen LogP contribution < -0.4 is 15.2 Å². The molecular formula is C26H31N3O4. The van der Waals surface area contributed by atoms with Crippen LogP contribution in [0.15, 0.2) is 48.7 Å². The van der Waals surface area contributed by atoms with Gasteiger partial charge in [0, 0.05) is 61.6 Å². The number of aromatic nitrogens is 1. The summed E-state index contributed by atoms with van der Waals surface area (Å²) in [5.41, 5.74) is 8.62. The number of ether oxygens (including phenoxy) is 2. The molecule has 33 heavy (non-hydrogen) atoms. The third-order valence-corrected chi connectivity index (χ3v) is 6.71. The maximum absolute atomic E-state index is 13.4. The van der Waals surface area contributed by atoms with Crippen LogP contribution in [0, 0.1) is 5.92 Å². The van der Waals surface area contributed by atoms with Gasteiger partial charge in [0.2, 0.25) is 11.8 Å². The van der Waals surface area contributed by atoms with E-state index in [0.29, 0.717) is 43.9 Å². The Morgan fingerprint density at radius 3 is 2.30 bits per heavy atom. The van der Waals surface area contributed by atoms with Crippen LogP contribution in [0.2, 0.25) is 0 Å². The predicted molar refractivity (Wildman–Crippen MR) is 127 cm³/mol. The Bertz CT molecular complexity index is 1140. The van der Waals surface area contributed by atoms with Gasteiger partial charge in [0.1, 0.15) is 11.5 Å². The number of aryl methyl sites for hydroxylation is 1. The second-order valence-electron chi connectivity index (χ2n) is 8.67. The molecule has 2 N–H and O–H groups in total. The number of rotatable bonds is 7. The lowest BCUT2D eigenvalue weighted by Gasteiger charge is -2.32. The standard InChI is InChI=1S/C26H31N3O4/c1-28-16-23(21-6-4-5-7-24(21)28)22(18-12-19(32-2)14-20(13-18)33-3)15-25(30)29-10-8-17(9-11-29)26(27)31/h4-7,12-14,16-17,22H,8-11,15H2,1-3H3,(H2,27,31). The van der Waals surface area contributed by atoms with Crippen LogP contribution in [-0.4, -0.2) is 48.6 Å². The summed E-state index contributed by atoms with van der Waals surface area (Å²) in [4.78, 5) is 26.8. The summed E-state index contributed by atoms with van der Waals surface area (Å²) in [7, 11) is 5.27. The minimum atomic E-state index is -0.279. The number of methoxy groups -OCH3 is 2. The molecule has 1 unspecified atom stereocenters. The van der Waals surface area contributed by atoms with Gasteiger partial charge >= 0.3 is 0 Å². The molecule has 1 saturated heterocycles. The lowest BCUT2D eigenvalue weighted by Crippen LogP contribution is -2.42. The number of nitrogens with zero attached hydrogens (tertiary/aromatic N) is 2. The monoisotopic (exact) mass is 449 g/mol. The average Bonchev–Trinajstić information content (AvgIpc) is 3.18. The quantitative estimate of drug-likeness (QED) is 0.599. The zero-order valence-corrected chi connectivity index (χ0v) is 19.4. The number of hydrogen-bond acceptors (Lipinski definition) is 4. The molecule has 3 aromatic rings. The molecule has 1 atom stereocenters. The fraction of sp³-hybridized carbons (Fsp3) is 0.385. The topological polar surface area (TPSA) is 86.8 Å². The number of carbonyl (C=O) groups excluding carboxylic acids is 2. The summed E-state index contributed by atoms with van der Waals surface area (Å²) < 4.78 is 13.1. The molecule has 4 rings (SSSR count). The largest absolute Gasteiger partial charge is 0.497 e.